The number of nitriles is 1. The van der Waals surface area contributed by atoms with Gasteiger partial charge in [0.1, 0.15) is 11.5 Å². The topological polar surface area (TPSA) is 69.8 Å². The molecule has 0 bridgehead atoms. The van der Waals surface area contributed by atoms with Crippen molar-refractivity contribution in [3.63, 3.8) is 0 Å². The van der Waals surface area contributed by atoms with E-state index in [1.54, 1.807) is 6.07 Å². The van der Waals surface area contributed by atoms with E-state index in [2.05, 4.69) is 71.9 Å². The number of rotatable bonds is 3. The summed E-state index contributed by atoms with van der Waals surface area (Å²) in [4.78, 5) is 13.0. The Morgan fingerprint density at radius 2 is 1.79 bits per heavy atom. The van der Waals surface area contributed by atoms with Crippen molar-refractivity contribution in [3.8, 4) is 17.3 Å². The molecule has 0 aliphatic carbocycles. The monoisotopic (exact) mass is 377 g/mol. The summed E-state index contributed by atoms with van der Waals surface area (Å²) in [6, 6.07) is 20.3. The Hall–Kier alpha value is -3.91. The number of aromatic nitrogens is 4. The summed E-state index contributed by atoms with van der Waals surface area (Å²) in [5.41, 5.74) is 8.84. The molecule has 0 fully saturated rings. The number of aryl methyl sites for hydroxylation is 2. The molecule has 0 atom stereocenters. The smallest absolute Gasteiger partial charge is 0.137 e. The Morgan fingerprint density at radius 1 is 0.966 bits per heavy atom. The molecule has 5 rings (SSSR count). The molecule has 0 radical (unpaired) electrons. The van der Waals surface area contributed by atoms with Gasteiger partial charge in [0.25, 0.3) is 0 Å². The molecule has 5 nitrogen and oxygen atoms in total. The standard InChI is InChI=1S/C24H19N5/c1-15-3-6-18(7-4-15)24-21(29-10-9-16(2)11-23(29)28-24)13-22-26-19-8-5-17(14-25)12-20(19)27-22/h3-12H,13H2,1-2H3,(H,26,27). The van der Waals surface area contributed by atoms with Crippen molar-refractivity contribution < 1.29 is 0 Å². The maximum Gasteiger partial charge on any atom is 0.137 e. The minimum Gasteiger partial charge on any atom is -0.342 e. The summed E-state index contributed by atoms with van der Waals surface area (Å²) in [6.07, 6.45) is 2.69. The predicted octanol–water partition coefficient (Wildman–Crippen LogP) is 4.96. The second-order valence-corrected chi connectivity index (χ2v) is 7.41. The molecule has 0 amide bonds. The van der Waals surface area contributed by atoms with E-state index in [4.69, 9.17) is 15.2 Å². The third kappa shape index (κ3) is 3.05. The number of nitrogens with zero attached hydrogens (tertiary/aromatic N) is 4. The third-order valence-electron chi connectivity index (χ3n) is 5.20. The van der Waals surface area contributed by atoms with E-state index in [-0.39, 0.29) is 0 Å². The Bertz CT molecular complexity index is 1400. The Kier molecular flexibility index (Phi) is 3.92. The van der Waals surface area contributed by atoms with Crippen LogP contribution >= 0.6 is 0 Å². The fourth-order valence-electron chi connectivity index (χ4n) is 3.68. The van der Waals surface area contributed by atoms with Crippen molar-refractivity contribution in [3.05, 3.63) is 89.0 Å². The van der Waals surface area contributed by atoms with E-state index in [9.17, 15) is 0 Å². The lowest BCUT2D eigenvalue weighted by atomic mass is 10.1. The van der Waals surface area contributed by atoms with Crippen LogP contribution in [0, 0.1) is 25.2 Å². The molecule has 0 unspecified atom stereocenters. The minimum atomic E-state index is 0.615. The highest BCUT2D eigenvalue weighted by Crippen LogP contribution is 2.27. The zero-order valence-electron chi connectivity index (χ0n) is 16.3. The van der Waals surface area contributed by atoms with Gasteiger partial charge < -0.3 is 9.38 Å². The van der Waals surface area contributed by atoms with Gasteiger partial charge in [-0.2, -0.15) is 5.26 Å². The molecule has 5 heteroatoms. The van der Waals surface area contributed by atoms with Crippen LogP contribution in [-0.4, -0.2) is 19.4 Å². The van der Waals surface area contributed by atoms with Crippen LogP contribution in [0.1, 0.15) is 28.2 Å². The summed E-state index contributed by atoms with van der Waals surface area (Å²) in [5, 5.41) is 9.14. The van der Waals surface area contributed by atoms with Crippen molar-refractivity contribution in [2.75, 3.05) is 0 Å². The number of fused-ring (bicyclic) bond motifs is 2. The van der Waals surface area contributed by atoms with Crippen molar-refractivity contribution in [2.45, 2.75) is 20.3 Å². The molecular weight excluding hydrogens is 358 g/mol. The van der Waals surface area contributed by atoms with E-state index in [1.165, 1.54) is 11.1 Å². The Labute approximate surface area is 168 Å². The van der Waals surface area contributed by atoms with E-state index >= 15 is 0 Å². The van der Waals surface area contributed by atoms with Gasteiger partial charge in [-0.3, -0.25) is 0 Å². The number of benzene rings is 2. The third-order valence-corrected chi connectivity index (χ3v) is 5.20. The van der Waals surface area contributed by atoms with Crippen molar-refractivity contribution in [1.82, 2.24) is 19.4 Å². The van der Waals surface area contributed by atoms with Crippen LogP contribution in [0.25, 0.3) is 27.9 Å². The van der Waals surface area contributed by atoms with Gasteiger partial charge in [-0.05, 0) is 49.7 Å². The van der Waals surface area contributed by atoms with Crippen LogP contribution in [-0.2, 0) is 6.42 Å². The van der Waals surface area contributed by atoms with Crippen molar-refractivity contribution >= 4 is 16.7 Å². The molecule has 0 aliphatic heterocycles. The number of aromatic amines is 1. The fourth-order valence-corrected chi connectivity index (χ4v) is 3.68. The largest absolute Gasteiger partial charge is 0.342 e. The first-order valence-electron chi connectivity index (χ1n) is 9.54. The highest BCUT2D eigenvalue weighted by atomic mass is 15.0. The van der Waals surface area contributed by atoms with Gasteiger partial charge in [0, 0.05) is 18.2 Å². The van der Waals surface area contributed by atoms with Crippen LogP contribution in [0.5, 0.6) is 0 Å². The summed E-state index contributed by atoms with van der Waals surface area (Å²) in [7, 11) is 0. The first kappa shape index (κ1) is 17.2. The summed E-state index contributed by atoms with van der Waals surface area (Å²) in [5.74, 6) is 0.853. The first-order chi connectivity index (χ1) is 14.1. The lowest BCUT2D eigenvalue weighted by molar-refractivity contribution is 0.961. The van der Waals surface area contributed by atoms with Gasteiger partial charge in [-0.1, -0.05) is 29.8 Å². The van der Waals surface area contributed by atoms with Crippen LogP contribution in [0.4, 0.5) is 0 Å². The molecule has 2 aromatic carbocycles. The fraction of sp³-hybridized carbons (Fsp3) is 0.125. The van der Waals surface area contributed by atoms with Gasteiger partial charge in [0.05, 0.1) is 34.1 Å². The van der Waals surface area contributed by atoms with Crippen molar-refractivity contribution in [1.29, 1.82) is 5.26 Å². The Balaban J connectivity index is 1.66. The molecule has 1 N–H and O–H groups in total. The number of hydrogen-bond donors (Lipinski definition) is 1. The molecule has 29 heavy (non-hydrogen) atoms. The summed E-state index contributed by atoms with van der Waals surface area (Å²) >= 11 is 0. The second kappa shape index (κ2) is 6.61. The van der Waals surface area contributed by atoms with E-state index in [1.807, 2.05) is 12.1 Å². The highest BCUT2D eigenvalue weighted by Gasteiger charge is 2.16. The van der Waals surface area contributed by atoms with Gasteiger partial charge >= 0.3 is 0 Å². The molecule has 140 valence electrons. The van der Waals surface area contributed by atoms with Gasteiger partial charge in [-0.15, -0.1) is 0 Å². The van der Waals surface area contributed by atoms with E-state index in [0.29, 0.717) is 12.0 Å². The quantitative estimate of drug-likeness (QED) is 0.483. The number of hydrogen-bond acceptors (Lipinski definition) is 3. The van der Waals surface area contributed by atoms with Crippen LogP contribution in [0.2, 0.25) is 0 Å². The molecule has 0 saturated carbocycles. The minimum absolute atomic E-state index is 0.615. The van der Waals surface area contributed by atoms with Crippen LogP contribution < -0.4 is 0 Å². The van der Waals surface area contributed by atoms with Crippen LogP contribution in [0.3, 0.4) is 0 Å². The van der Waals surface area contributed by atoms with Gasteiger partial charge in [-0.25, -0.2) is 9.97 Å². The zero-order valence-corrected chi connectivity index (χ0v) is 16.3. The summed E-state index contributed by atoms with van der Waals surface area (Å²) in [6.45, 7) is 4.16. The average Bonchev–Trinajstić information content (AvgIpc) is 3.28. The number of imidazole rings is 2. The molecular formula is C24H19N5. The molecule has 5 aromatic rings. The summed E-state index contributed by atoms with van der Waals surface area (Å²) < 4.78 is 2.14. The lowest BCUT2D eigenvalue weighted by Gasteiger charge is -2.05. The molecule has 3 aromatic heterocycles. The maximum atomic E-state index is 9.14. The molecule has 0 spiro atoms. The normalized spacial score (nSPS) is 11.2. The zero-order chi connectivity index (χ0) is 20.0. The van der Waals surface area contributed by atoms with Gasteiger partial charge in [0.15, 0.2) is 0 Å². The molecule has 0 aliphatic rings. The first-order valence-corrected chi connectivity index (χ1v) is 9.54. The SMILES string of the molecule is Cc1ccc(-c2nc3cc(C)ccn3c2Cc2nc3ccc(C#N)cc3[nH]2)cc1. The number of H-pyrrole nitrogens is 1. The predicted molar refractivity (Wildman–Crippen MR) is 114 cm³/mol. The molecule has 0 saturated heterocycles. The molecule has 3 heterocycles. The van der Waals surface area contributed by atoms with Crippen LogP contribution in [0.15, 0.2) is 60.8 Å². The lowest BCUT2D eigenvalue weighted by Crippen LogP contribution is -1.98. The Morgan fingerprint density at radius 3 is 2.59 bits per heavy atom. The average molecular weight is 377 g/mol. The number of pyridine rings is 1. The van der Waals surface area contributed by atoms with Crippen molar-refractivity contribution in [2.24, 2.45) is 0 Å². The van der Waals surface area contributed by atoms with E-state index < -0.39 is 0 Å². The second-order valence-electron chi connectivity index (χ2n) is 7.41. The highest BCUT2D eigenvalue weighted by molar-refractivity contribution is 5.77. The maximum absolute atomic E-state index is 9.14. The number of nitrogens with one attached hydrogen (secondary N) is 1. The van der Waals surface area contributed by atoms with Gasteiger partial charge in [0.2, 0.25) is 0 Å². The van der Waals surface area contributed by atoms with E-state index in [0.717, 1.165) is 39.5 Å².